The van der Waals surface area contributed by atoms with Crippen molar-refractivity contribution in [2.45, 2.75) is 47.1 Å². The second-order valence-electron chi connectivity index (χ2n) is 7.38. The molecule has 1 aromatic carbocycles. The first-order valence-corrected chi connectivity index (χ1v) is 9.98. The van der Waals surface area contributed by atoms with E-state index in [1.54, 1.807) is 28.1 Å². The normalized spacial score (nSPS) is 20.5. The molecule has 2 heterocycles. The molecule has 0 spiro atoms. The summed E-state index contributed by atoms with van der Waals surface area (Å²) < 4.78 is 0. The molecule has 0 atom stereocenters. The Morgan fingerprint density at radius 3 is 2.68 bits per heavy atom. The summed E-state index contributed by atoms with van der Waals surface area (Å²) >= 11 is 1.56. The molecular formula is C20H28N3OS+. The fraction of sp³-hybridized carbons (Fsp3) is 0.500. The molecule has 3 rings (SSSR count). The number of rotatable bonds is 4. The van der Waals surface area contributed by atoms with Crippen molar-refractivity contribution in [1.29, 1.82) is 0 Å². The minimum Gasteiger partial charge on any atom is -0.330 e. The van der Waals surface area contributed by atoms with E-state index in [2.05, 4.69) is 25.3 Å². The number of aromatic nitrogens is 1. The van der Waals surface area contributed by atoms with Gasteiger partial charge in [0.25, 0.3) is 0 Å². The van der Waals surface area contributed by atoms with Crippen molar-refractivity contribution in [3.63, 3.8) is 0 Å². The van der Waals surface area contributed by atoms with Gasteiger partial charge in [0.05, 0.1) is 18.8 Å². The van der Waals surface area contributed by atoms with E-state index in [9.17, 15) is 4.79 Å². The molecule has 2 aromatic rings. The van der Waals surface area contributed by atoms with E-state index in [-0.39, 0.29) is 5.91 Å². The lowest BCUT2D eigenvalue weighted by molar-refractivity contribution is -0.920. The summed E-state index contributed by atoms with van der Waals surface area (Å²) in [5.41, 5.74) is 4.33. The van der Waals surface area contributed by atoms with Crippen molar-refractivity contribution < 1.29 is 9.69 Å². The van der Waals surface area contributed by atoms with Gasteiger partial charge < -0.3 is 4.90 Å². The molecule has 1 amide bonds. The third kappa shape index (κ3) is 4.28. The predicted molar refractivity (Wildman–Crippen MR) is 104 cm³/mol. The van der Waals surface area contributed by atoms with Crippen molar-refractivity contribution in [2.75, 3.05) is 18.0 Å². The van der Waals surface area contributed by atoms with Crippen LogP contribution in [0.15, 0.2) is 23.6 Å². The molecule has 0 aliphatic carbocycles. The van der Waals surface area contributed by atoms with E-state index < -0.39 is 0 Å². The molecule has 0 radical (unpaired) electrons. The smallest absolute Gasteiger partial charge is 0.230 e. The Kier molecular flexibility index (Phi) is 5.54. The van der Waals surface area contributed by atoms with Crippen LogP contribution in [0, 0.1) is 19.8 Å². The lowest BCUT2D eigenvalue weighted by Gasteiger charge is -2.26. The van der Waals surface area contributed by atoms with Crippen LogP contribution < -0.4 is 9.80 Å². The summed E-state index contributed by atoms with van der Waals surface area (Å²) in [6, 6.07) is 6.18. The second-order valence-corrected chi connectivity index (χ2v) is 8.21. The van der Waals surface area contributed by atoms with Gasteiger partial charge in [-0.25, -0.2) is 4.98 Å². The van der Waals surface area contributed by atoms with E-state index in [0.29, 0.717) is 0 Å². The van der Waals surface area contributed by atoms with Gasteiger partial charge in [-0.1, -0.05) is 24.6 Å². The molecular weight excluding hydrogens is 330 g/mol. The molecule has 1 fully saturated rings. The Balaban J connectivity index is 1.79. The van der Waals surface area contributed by atoms with Crippen LogP contribution in [0.4, 0.5) is 10.8 Å². The van der Waals surface area contributed by atoms with Gasteiger partial charge in [0.1, 0.15) is 12.2 Å². The van der Waals surface area contributed by atoms with Crippen molar-refractivity contribution >= 4 is 28.1 Å². The molecule has 1 aliphatic heterocycles. The Hall–Kier alpha value is -1.72. The highest BCUT2D eigenvalue weighted by Crippen LogP contribution is 2.31. The van der Waals surface area contributed by atoms with Crippen LogP contribution in [0.5, 0.6) is 0 Å². The fourth-order valence-corrected chi connectivity index (χ4v) is 4.43. The fourth-order valence-electron chi connectivity index (χ4n) is 3.55. The monoisotopic (exact) mass is 358 g/mol. The molecule has 1 aliphatic rings. The van der Waals surface area contributed by atoms with Crippen LogP contribution in [-0.2, 0) is 11.3 Å². The zero-order chi connectivity index (χ0) is 18.0. The maximum atomic E-state index is 12.3. The molecule has 0 saturated carbocycles. The van der Waals surface area contributed by atoms with Crippen molar-refractivity contribution in [3.05, 3.63) is 40.4 Å². The summed E-state index contributed by atoms with van der Waals surface area (Å²) in [4.78, 5) is 20.4. The third-order valence-corrected chi connectivity index (χ3v) is 5.93. The topological polar surface area (TPSA) is 37.6 Å². The van der Waals surface area contributed by atoms with Gasteiger partial charge in [-0.3, -0.25) is 9.69 Å². The van der Waals surface area contributed by atoms with Gasteiger partial charge in [-0.05, 0) is 44.2 Å². The average molecular weight is 359 g/mol. The first-order valence-electron chi connectivity index (χ1n) is 9.10. The molecule has 1 saturated heterocycles. The standard InChI is InChI=1S/C20H27N3OS/c1-14-7-9-22(10-8-14)12-18-13-25-20(21-18)23(17(4)24)19-6-5-15(2)11-16(19)3/h5-6,11,13-14H,7-10,12H2,1-4H3/p+1. The molecule has 25 heavy (non-hydrogen) atoms. The van der Waals surface area contributed by atoms with Gasteiger partial charge in [0.2, 0.25) is 5.91 Å². The zero-order valence-corrected chi connectivity index (χ0v) is 16.4. The lowest BCUT2D eigenvalue weighted by atomic mass is 9.99. The van der Waals surface area contributed by atoms with Gasteiger partial charge in [-0.2, -0.15) is 0 Å². The van der Waals surface area contributed by atoms with Gasteiger partial charge in [0, 0.05) is 12.3 Å². The maximum absolute atomic E-state index is 12.3. The lowest BCUT2D eigenvalue weighted by Crippen LogP contribution is -3.11. The minimum atomic E-state index is 0.00648. The quantitative estimate of drug-likeness (QED) is 0.911. The predicted octanol–water partition coefficient (Wildman–Crippen LogP) is 3.26. The van der Waals surface area contributed by atoms with E-state index >= 15 is 0 Å². The third-order valence-electron chi connectivity index (χ3n) is 5.05. The highest BCUT2D eigenvalue weighted by molar-refractivity contribution is 7.14. The number of anilines is 2. The van der Waals surface area contributed by atoms with Crippen LogP contribution in [0.2, 0.25) is 0 Å². The van der Waals surface area contributed by atoms with Crippen molar-refractivity contribution in [3.8, 4) is 0 Å². The highest BCUT2D eigenvalue weighted by Gasteiger charge is 2.23. The maximum Gasteiger partial charge on any atom is 0.230 e. The first-order chi connectivity index (χ1) is 11.9. The van der Waals surface area contributed by atoms with Gasteiger partial charge in [-0.15, -0.1) is 11.3 Å². The van der Waals surface area contributed by atoms with Gasteiger partial charge >= 0.3 is 0 Å². The number of thiazole rings is 1. The Bertz CT molecular complexity index is 747. The molecule has 1 N–H and O–H groups in total. The number of carbonyl (C=O) groups excluding carboxylic acids is 1. The number of benzene rings is 1. The summed E-state index contributed by atoms with van der Waals surface area (Å²) in [5.74, 6) is 0.861. The molecule has 4 nitrogen and oxygen atoms in total. The van der Waals surface area contributed by atoms with Crippen LogP contribution in [0.3, 0.4) is 0 Å². The van der Waals surface area contributed by atoms with Crippen LogP contribution in [0.25, 0.3) is 0 Å². The van der Waals surface area contributed by atoms with Crippen LogP contribution >= 0.6 is 11.3 Å². The summed E-state index contributed by atoms with van der Waals surface area (Å²) in [6.07, 6.45) is 2.60. The SMILES string of the molecule is CC(=O)N(c1nc(C[NH+]2CCC(C)CC2)cs1)c1ccc(C)cc1C. The number of quaternary nitrogens is 1. The van der Waals surface area contributed by atoms with Crippen molar-refractivity contribution in [1.82, 2.24) is 4.98 Å². The molecule has 0 unspecified atom stereocenters. The van der Waals surface area contributed by atoms with Gasteiger partial charge in [0.15, 0.2) is 5.13 Å². The van der Waals surface area contributed by atoms with Crippen LogP contribution in [-0.4, -0.2) is 24.0 Å². The summed E-state index contributed by atoms with van der Waals surface area (Å²) in [5, 5.41) is 2.89. The molecule has 5 heteroatoms. The van der Waals surface area contributed by atoms with E-state index in [4.69, 9.17) is 4.98 Å². The summed E-state index contributed by atoms with van der Waals surface area (Å²) in [6.45, 7) is 11.5. The Morgan fingerprint density at radius 2 is 2.04 bits per heavy atom. The number of amides is 1. The summed E-state index contributed by atoms with van der Waals surface area (Å²) in [7, 11) is 0. The molecule has 1 aromatic heterocycles. The number of carbonyl (C=O) groups is 1. The number of nitrogens with one attached hydrogen (secondary N) is 1. The minimum absolute atomic E-state index is 0.00648. The number of likely N-dealkylation sites (tertiary alicyclic amines) is 1. The largest absolute Gasteiger partial charge is 0.330 e. The van der Waals surface area contributed by atoms with E-state index in [0.717, 1.165) is 34.5 Å². The first kappa shape index (κ1) is 18.1. The second kappa shape index (κ2) is 7.67. The Labute approximate surface area is 154 Å². The molecule has 0 bridgehead atoms. The number of hydrogen-bond acceptors (Lipinski definition) is 3. The van der Waals surface area contributed by atoms with Crippen LogP contribution in [0.1, 0.15) is 43.5 Å². The van der Waals surface area contributed by atoms with E-state index in [1.165, 1.54) is 31.5 Å². The van der Waals surface area contributed by atoms with E-state index in [1.807, 2.05) is 19.1 Å². The molecule has 134 valence electrons. The van der Waals surface area contributed by atoms with Crippen molar-refractivity contribution in [2.24, 2.45) is 5.92 Å². The number of hydrogen-bond donors (Lipinski definition) is 1. The Morgan fingerprint density at radius 1 is 1.32 bits per heavy atom. The highest BCUT2D eigenvalue weighted by atomic mass is 32.1. The number of aryl methyl sites for hydroxylation is 2. The average Bonchev–Trinajstić information content (AvgIpc) is 3.00. The number of piperidine rings is 1. The zero-order valence-electron chi connectivity index (χ0n) is 15.6. The number of nitrogens with zero attached hydrogens (tertiary/aromatic N) is 2.